The molecule has 0 saturated heterocycles. The summed E-state index contributed by atoms with van der Waals surface area (Å²) in [6.45, 7) is 6.58. The van der Waals surface area contributed by atoms with E-state index in [0.29, 0.717) is 0 Å². The fraction of sp³-hybridized carbons (Fsp3) is 0.875. The molecule has 0 aliphatic carbocycles. The Bertz CT molecular complexity index is 149. The van der Waals surface area contributed by atoms with Gasteiger partial charge in [-0.1, -0.05) is 6.92 Å². The highest BCUT2D eigenvalue weighted by molar-refractivity contribution is 5.74. The Hall–Kier alpha value is -0.570. The van der Waals surface area contributed by atoms with Crippen LogP contribution in [-0.2, 0) is 4.79 Å². The SMILES string of the molecule is CC(O)C(C)C(C)(C)C(=O)O. The number of carboxylic acid groups (broad SMARTS) is 1. The molecule has 0 aliphatic heterocycles. The predicted molar refractivity (Wildman–Crippen MR) is 42.3 cm³/mol. The molecule has 0 saturated carbocycles. The van der Waals surface area contributed by atoms with Crippen molar-refractivity contribution in [3.05, 3.63) is 0 Å². The van der Waals surface area contributed by atoms with E-state index in [4.69, 9.17) is 10.2 Å². The van der Waals surface area contributed by atoms with Crippen molar-refractivity contribution in [2.24, 2.45) is 11.3 Å². The van der Waals surface area contributed by atoms with Crippen LogP contribution in [0.3, 0.4) is 0 Å². The zero-order valence-corrected chi connectivity index (χ0v) is 7.46. The maximum atomic E-state index is 10.7. The monoisotopic (exact) mass is 160 g/mol. The normalized spacial score (nSPS) is 17.5. The van der Waals surface area contributed by atoms with E-state index in [9.17, 15) is 4.79 Å². The molecule has 2 N–H and O–H groups in total. The second kappa shape index (κ2) is 3.22. The zero-order valence-electron chi connectivity index (χ0n) is 7.46. The topological polar surface area (TPSA) is 57.5 Å². The van der Waals surface area contributed by atoms with E-state index >= 15 is 0 Å². The van der Waals surface area contributed by atoms with Crippen LogP contribution in [0.4, 0.5) is 0 Å². The van der Waals surface area contributed by atoms with E-state index in [1.807, 2.05) is 0 Å². The van der Waals surface area contributed by atoms with Gasteiger partial charge in [-0.15, -0.1) is 0 Å². The molecule has 0 radical (unpaired) electrons. The summed E-state index contributed by atoms with van der Waals surface area (Å²) >= 11 is 0. The highest BCUT2D eigenvalue weighted by Crippen LogP contribution is 2.29. The second-order valence-electron chi connectivity index (χ2n) is 3.56. The van der Waals surface area contributed by atoms with E-state index in [-0.39, 0.29) is 5.92 Å². The van der Waals surface area contributed by atoms with Gasteiger partial charge in [0.2, 0.25) is 0 Å². The van der Waals surface area contributed by atoms with E-state index in [0.717, 1.165) is 0 Å². The van der Waals surface area contributed by atoms with Gasteiger partial charge in [0.15, 0.2) is 0 Å². The summed E-state index contributed by atoms with van der Waals surface area (Å²) in [5, 5.41) is 17.9. The Balaban J connectivity index is 4.42. The molecule has 0 spiro atoms. The number of aliphatic carboxylic acids is 1. The van der Waals surface area contributed by atoms with Crippen molar-refractivity contribution in [1.29, 1.82) is 0 Å². The first kappa shape index (κ1) is 10.4. The molecule has 0 heterocycles. The molecule has 11 heavy (non-hydrogen) atoms. The zero-order chi connectivity index (χ0) is 9.23. The molecule has 0 bridgehead atoms. The van der Waals surface area contributed by atoms with Crippen LogP contribution in [0.2, 0.25) is 0 Å². The number of carbonyl (C=O) groups is 1. The first-order chi connectivity index (χ1) is 4.80. The summed E-state index contributed by atoms with van der Waals surface area (Å²) in [4.78, 5) is 10.7. The summed E-state index contributed by atoms with van der Waals surface area (Å²) in [5.74, 6) is -1.11. The lowest BCUT2D eigenvalue weighted by atomic mass is 9.77. The Kier molecular flexibility index (Phi) is 3.05. The van der Waals surface area contributed by atoms with Gasteiger partial charge in [0, 0.05) is 0 Å². The van der Waals surface area contributed by atoms with Crippen LogP contribution in [0, 0.1) is 11.3 Å². The summed E-state index contributed by atoms with van der Waals surface area (Å²) in [6.07, 6.45) is -0.582. The molecule has 3 nitrogen and oxygen atoms in total. The van der Waals surface area contributed by atoms with Crippen LogP contribution in [0.1, 0.15) is 27.7 Å². The number of rotatable bonds is 3. The third kappa shape index (κ3) is 2.19. The molecule has 2 unspecified atom stereocenters. The van der Waals surface area contributed by atoms with Gasteiger partial charge >= 0.3 is 5.97 Å². The minimum absolute atomic E-state index is 0.236. The molecular formula is C8H16O3. The fourth-order valence-electron chi connectivity index (χ4n) is 0.798. The standard InChI is InChI=1S/C8H16O3/c1-5(6(2)9)8(3,4)7(10)11/h5-6,9H,1-4H3,(H,10,11). The Labute approximate surface area is 67.0 Å². The minimum Gasteiger partial charge on any atom is -0.481 e. The third-order valence-corrected chi connectivity index (χ3v) is 2.41. The average Bonchev–Trinajstić information content (AvgIpc) is 1.85. The first-order valence-electron chi connectivity index (χ1n) is 3.71. The largest absolute Gasteiger partial charge is 0.481 e. The van der Waals surface area contributed by atoms with Crippen LogP contribution in [0.15, 0.2) is 0 Å². The van der Waals surface area contributed by atoms with Crippen molar-refractivity contribution < 1.29 is 15.0 Å². The molecule has 0 rings (SSSR count). The van der Waals surface area contributed by atoms with Gasteiger partial charge in [-0.2, -0.15) is 0 Å². The molecule has 66 valence electrons. The molecule has 0 fully saturated rings. The molecule has 3 heteroatoms. The van der Waals surface area contributed by atoms with Crippen LogP contribution < -0.4 is 0 Å². The number of hydrogen-bond donors (Lipinski definition) is 2. The Morgan fingerprint density at radius 2 is 1.73 bits per heavy atom. The highest BCUT2D eigenvalue weighted by atomic mass is 16.4. The Morgan fingerprint density at radius 3 is 1.82 bits per heavy atom. The van der Waals surface area contributed by atoms with E-state index in [2.05, 4.69) is 0 Å². The minimum atomic E-state index is -0.870. The summed E-state index contributed by atoms with van der Waals surface area (Å²) in [7, 11) is 0. The molecule has 0 aliphatic rings. The predicted octanol–water partition coefficient (Wildman–Crippen LogP) is 1.11. The molecular weight excluding hydrogens is 144 g/mol. The van der Waals surface area contributed by atoms with Gasteiger partial charge < -0.3 is 10.2 Å². The Morgan fingerprint density at radius 1 is 1.36 bits per heavy atom. The summed E-state index contributed by atoms with van der Waals surface area (Å²) in [5.41, 5.74) is -0.853. The maximum absolute atomic E-state index is 10.7. The van der Waals surface area contributed by atoms with Crippen molar-refractivity contribution >= 4 is 5.97 Å². The van der Waals surface area contributed by atoms with Gasteiger partial charge in [-0.05, 0) is 26.7 Å². The van der Waals surface area contributed by atoms with Crippen LogP contribution in [0.5, 0.6) is 0 Å². The van der Waals surface area contributed by atoms with Crippen molar-refractivity contribution in [3.63, 3.8) is 0 Å². The molecule has 2 atom stereocenters. The van der Waals surface area contributed by atoms with Gasteiger partial charge in [-0.3, -0.25) is 4.79 Å². The van der Waals surface area contributed by atoms with E-state index in [1.165, 1.54) is 0 Å². The number of carboxylic acids is 1. The van der Waals surface area contributed by atoms with Gasteiger partial charge in [0.05, 0.1) is 11.5 Å². The van der Waals surface area contributed by atoms with Crippen molar-refractivity contribution in [1.82, 2.24) is 0 Å². The number of aliphatic hydroxyl groups is 1. The first-order valence-corrected chi connectivity index (χ1v) is 3.71. The lowest BCUT2D eigenvalue weighted by molar-refractivity contribution is -0.152. The quantitative estimate of drug-likeness (QED) is 0.650. The second-order valence-corrected chi connectivity index (χ2v) is 3.56. The number of aliphatic hydroxyl groups excluding tert-OH is 1. The molecule has 0 aromatic heterocycles. The summed E-state index contributed by atoms with van der Waals surface area (Å²) in [6, 6.07) is 0. The van der Waals surface area contributed by atoms with Gasteiger partial charge in [0.1, 0.15) is 0 Å². The third-order valence-electron chi connectivity index (χ3n) is 2.41. The lowest BCUT2D eigenvalue weighted by Crippen LogP contribution is -2.36. The molecule has 0 amide bonds. The fourth-order valence-corrected chi connectivity index (χ4v) is 0.798. The average molecular weight is 160 g/mol. The van der Waals surface area contributed by atoms with Crippen LogP contribution >= 0.6 is 0 Å². The van der Waals surface area contributed by atoms with Crippen molar-refractivity contribution in [3.8, 4) is 0 Å². The van der Waals surface area contributed by atoms with Crippen LogP contribution in [0.25, 0.3) is 0 Å². The maximum Gasteiger partial charge on any atom is 0.309 e. The highest BCUT2D eigenvalue weighted by Gasteiger charge is 2.36. The smallest absolute Gasteiger partial charge is 0.309 e. The summed E-state index contributed by atoms with van der Waals surface area (Å²) < 4.78 is 0. The van der Waals surface area contributed by atoms with Crippen molar-refractivity contribution in [2.45, 2.75) is 33.8 Å². The van der Waals surface area contributed by atoms with Crippen molar-refractivity contribution in [2.75, 3.05) is 0 Å². The molecule has 0 aromatic carbocycles. The van der Waals surface area contributed by atoms with E-state index < -0.39 is 17.5 Å². The molecule has 0 aromatic rings. The van der Waals surface area contributed by atoms with Gasteiger partial charge in [0.25, 0.3) is 0 Å². The van der Waals surface area contributed by atoms with Crippen LogP contribution in [-0.4, -0.2) is 22.3 Å². The number of hydrogen-bond acceptors (Lipinski definition) is 2. The van der Waals surface area contributed by atoms with E-state index in [1.54, 1.807) is 27.7 Å². The lowest BCUT2D eigenvalue weighted by Gasteiger charge is -2.29. The van der Waals surface area contributed by atoms with Gasteiger partial charge in [-0.25, -0.2) is 0 Å².